The van der Waals surface area contributed by atoms with Gasteiger partial charge in [-0.15, -0.1) is 0 Å². The lowest BCUT2D eigenvalue weighted by Gasteiger charge is -2.33. The molecule has 158 valence electrons. The molecule has 0 saturated heterocycles. The van der Waals surface area contributed by atoms with Crippen molar-refractivity contribution in [2.75, 3.05) is 52.9 Å². The quantitative estimate of drug-likeness (QED) is 0.244. The Morgan fingerprint density at radius 1 is 0.423 bits per heavy atom. The summed E-state index contributed by atoms with van der Waals surface area (Å²) < 4.78 is 24.0. The van der Waals surface area contributed by atoms with E-state index in [0.717, 1.165) is 71.4 Å². The zero-order chi connectivity index (χ0) is 19.3. The van der Waals surface area contributed by atoms with Crippen LogP contribution in [0.1, 0.15) is 85.5 Å². The Balaban J connectivity index is 4.63. The summed E-state index contributed by atoms with van der Waals surface area (Å²) in [7, 11) is 0. The monoisotopic (exact) mass is 374 g/mol. The molecule has 0 bridgehead atoms. The van der Waals surface area contributed by atoms with Crippen molar-refractivity contribution in [3.05, 3.63) is 0 Å². The zero-order valence-corrected chi connectivity index (χ0v) is 18.2. The molecule has 0 fully saturated rings. The molecule has 4 nitrogen and oxygen atoms in total. The van der Waals surface area contributed by atoms with Crippen LogP contribution < -0.4 is 0 Å². The standard InChI is InChI=1S/C22H46O4/c1-5-9-13-17-26-21-22(18-23-14-10-6-2,19-24-15-11-7-3)20-25-16-12-8-4/h5-21H2,1-4H3. The van der Waals surface area contributed by atoms with Crippen LogP contribution in [0.5, 0.6) is 0 Å². The van der Waals surface area contributed by atoms with Gasteiger partial charge in [0, 0.05) is 26.4 Å². The van der Waals surface area contributed by atoms with Gasteiger partial charge in [-0.3, -0.25) is 0 Å². The Bertz CT molecular complexity index is 240. The fourth-order valence-electron chi connectivity index (χ4n) is 2.60. The third kappa shape index (κ3) is 15.0. The Morgan fingerprint density at radius 3 is 1.04 bits per heavy atom. The molecule has 0 heterocycles. The van der Waals surface area contributed by atoms with Crippen molar-refractivity contribution in [2.24, 2.45) is 5.41 Å². The minimum Gasteiger partial charge on any atom is -0.381 e. The summed E-state index contributed by atoms with van der Waals surface area (Å²) in [4.78, 5) is 0. The molecule has 0 aliphatic carbocycles. The maximum Gasteiger partial charge on any atom is 0.0637 e. The van der Waals surface area contributed by atoms with E-state index in [1.165, 1.54) is 12.8 Å². The highest BCUT2D eigenvalue weighted by Gasteiger charge is 2.32. The summed E-state index contributed by atoms with van der Waals surface area (Å²) in [5, 5.41) is 0. The first-order valence-corrected chi connectivity index (χ1v) is 11.1. The largest absolute Gasteiger partial charge is 0.381 e. The van der Waals surface area contributed by atoms with Gasteiger partial charge in [-0.1, -0.05) is 59.8 Å². The van der Waals surface area contributed by atoms with E-state index in [4.69, 9.17) is 18.9 Å². The van der Waals surface area contributed by atoms with Crippen molar-refractivity contribution in [2.45, 2.75) is 85.5 Å². The molecule has 0 amide bonds. The molecule has 0 saturated carbocycles. The molecule has 0 aromatic carbocycles. The lowest BCUT2D eigenvalue weighted by molar-refractivity contribution is -0.107. The van der Waals surface area contributed by atoms with E-state index in [1.54, 1.807) is 0 Å². The van der Waals surface area contributed by atoms with Crippen molar-refractivity contribution >= 4 is 0 Å². The van der Waals surface area contributed by atoms with Gasteiger partial charge in [0.1, 0.15) is 0 Å². The highest BCUT2D eigenvalue weighted by Crippen LogP contribution is 2.22. The van der Waals surface area contributed by atoms with Crippen LogP contribution in [-0.2, 0) is 18.9 Å². The van der Waals surface area contributed by atoms with Crippen LogP contribution in [0.4, 0.5) is 0 Å². The van der Waals surface area contributed by atoms with Crippen molar-refractivity contribution in [1.29, 1.82) is 0 Å². The Labute approximate surface area is 163 Å². The SMILES string of the molecule is CCCCCOCC(COCCCC)(COCCCC)COCCCC. The Morgan fingerprint density at radius 2 is 0.731 bits per heavy atom. The first-order valence-electron chi connectivity index (χ1n) is 11.1. The van der Waals surface area contributed by atoms with Gasteiger partial charge in [-0.05, 0) is 25.7 Å². The Hall–Kier alpha value is -0.160. The van der Waals surface area contributed by atoms with Gasteiger partial charge in [0.2, 0.25) is 0 Å². The lowest BCUT2D eigenvalue weighted by atomic mass is 9.92. The highest BCUT2D eigenvalue weighted by molar-refractivity contribution is 4.79. The van der Waals surface area contributed by atoms with Crippen LogP contribution in [0.25, 0.3) is 0 Å². The van der Waals surface area contributed by atoms with Gasteiger partial charge < -0.3 is 18.9 Å². The second-order valence-electron chi connectivity index (χ2n) is 7.48. The minimum atomic E-state index is -0.193. The predicted molar refractivity (Wildman–Crippen MR) is 110 cm³/mol. The average Bonchev–Trinajstić information content (AvgIpc) is 2.65. The second-order valence-corrected chi connectivity index (χ2v) is 7.48. The molecule has 0 aliphatic heterocycles. The number of ether oxygens (including phenoxy) is 4. The number of hydrogen-bond acceptors (Lipinski definition) is 4. The second kappa shape index (κ2) is 19.6. The Kier molecular flexibility index (Phi) is 19.5. The van der Waals surface area contributed by atoms with E-state index in [9.17, 15) is 0 Å². The zero-order valence-electron chi connectivity index (χ0n) is 18.2. The lowest BCUT2D eigenvalue weighted by Crippen LogP contribution is -2.42. The molecule has 4 heteroatoms. The molecular formula is C22H46O4. The van der Waals surface area contributed by atoms with Crippen LogP contribution in [-0.4, -0.2) is 52.9 Å². The molecule has 26 heavy (non-hydrogen) atoms. The molecule has 0 N–H and O–H groups in total. The summed E-state index contributed by atoms with van der Waals surface area (Å²) in [5.74, 6) is 0. The van der Waals surface area contributed by atoms with Crippen LogP contribution in [0, 0.1) is 5.41 Å². The number of hydrogen-bond donors (Lipinski definition) is 0. The molecule has 0 radical (unpaired) electrons. The molecule has 0 aromatic heterocycles. The number of unbranched alkanes of at least 4 members (excludes halogenated alkanes) is 5. The van der Waals surface area contributed by atoms with Gasteiger partial charge in [0.05, 0.1) is 31.8 Å². The third-order valence-electron chi connectivity index (χ3n) is 4.45. The maximum atomic E-state index is 6.03. The van der Waals surface area contributed by atoms with Gasteiger partial charge >= 0.3 is 0 Å². The van der Waals surface area contributed by atoms with Crippen LogP contribution in [0.3, 0.4) is 0 Å². The normalized spacial score (nSPS) is 12.0. The molecule has 0 aliphatic rings. The summed E-state index contributed by atoms with van der Waals surface area (Å²) in [6.45, 7) is 14.6. The van der Waals surface area contributed by atoms with Crippen molar-refractivity contribution in [3.63, 3.8) is 0 Å². The van der Waals surface area contributed by atoms with E-state index in [0.29, 0.717) is 26.4 Å². The van der Waals surface area contributed by atoms with Gasteiger partial charge in [-0.25, -0.2) is 0 Å². The highest BCUT2D eigenvalue weighted by atomic mass is 16.5. The fourth-order valence-corrected chi connectivity index (χ4v) is 2.60. The maximum absolute atomic E-state index is 6.03. The van der Waals surface area contributed by atoms with Crippen molar-refractivity contribution in [1.82, 2.24) is 0 Å². The summed E-state index contributed by atoms with van der Waals surface area (Å²) in [6, 6.07) is 0. The summed E-state index contributed by atoms with van der Waals surface area (Å²) >= 11 is 0. The first kappa shape index (κ1) is 25.8. The van der Waals surface area contributed by atoms with E-state index in [-0.39, 0.29) is 5.41 Å². The van der Waals surface area contributed by atoms with Crippen LogP contribution in [0.15, 0.2) is 0 Å². The fraction of sp³-hybridized carbons (Fsp3) is 1.00. The molecular weight excluding hydrogens is 328 g/mol. The van der Waals surface area contributed by atoms with Gasteiger partial charge in [0.25, 0.3) is 0 Å². The molecule has 0 atom stereocenters. The molecule has 0 aromatic rings. The van der Waals surface area contributed by atoms with Crippen LogP contribution in [0.2, 0.25) is 0 Å². The minimum absolute atomic E-state index is 0.193. The van der Waals surface area contributed by atoms with Gasteiger partial charge in [-0.2, -0.15) is 0 Å². The van der Waals surface area contributed by atoms with Crippen molar-refractivity contribution in [3.8, 4) is 0 Å². The topological polar surface area (TPSA) is 36.9 Å². The average molecular weight is 375 g/mol. The first-order chi connectivity index (χ1) is 12.7. The van der Waals surface area contributed by atoms with Gasteiger partial charge in [0.15, 0.2) is 0 Å². The molecule has 0 unspecified atom stereocenters. The molecule has 0 spiro atoms. The van der Waals surface area contributed by atoms with E-state index < -0.39 is 0 Å². The summed E-state index contributed by atoms with van der Waals surface area (Å²) in [5.41, 5.74) is -0.193. The molecule has 0 rings (SSSR count). The third-order valence-corrected chi connectivity index (χ3v) is 4.45. The number of rotatable bonds is 21. The van der Waals surface area contributed by atoms with Crippen molar-refractivity contribution < 1.29 is 18.9 Å². The van der Waals surface area contributed by atoms with Crippen LogP contribution >= 0.6 is 0 Å². The predicted octanol–water partition coefficient (Wildman–Crippen LogP) is 5.63. The van der Waals surface area contributed by atoms with E-state index >= 15 is 0 Å². The summed E-state index contributed by atoms with van der Waals surface area (Å²) in [6.07, 6.45) is 10.3. The van der Waals surface area contributed by atoms with E-state index in [2.05, 4.69) is 27.7 Å². The smallest absolute Gasteiger partial charge is 0.0637 e. The van der Waals surface area contributed by atoms with E-state index in [1.807, 2.05) is 0 Å².